The zero-order valence-electron chi connectivity index (χ0n) is 14.2. The number of nitrogens with zero attached hydrogens (tertiary/aromatic N) is 1. The van der Waals surface area contributed by atoms with Gasteiger partial charge in [-0.25, -0.2) is 4.79 Å². The van der Waals surface area contributed by atoms with Crippen molar-refractivity contribution < 1.29 is 23.9 Å². The first-order chi connectivity index (χ1) is 12.1. The minimum atomic E-state index is -0.482. The molecule has 0 unspecified atom stereocenters. The summed E-state index contributed by atoms with van der Waals surface area (Å²) in [6.07, 6.45) is 5.44. The highest BCUT2D eigenvalue weighted by Gasteiger charge is 2.29. The van der Waals surface area contributed by atoms with Gasteiger partial charge >= 0.3 is 5.97 Å². The monoisotopic (exact) mass is 346 g/mol. The van der Waals surface area contributed by atoms with Crippen molar-refractivity contribution in [1.82, 2.24) is 5.32 Å². The molecule has 7 heteroatoms. The Bertz CT molecular complexity index is 682. The zero-order valence-corrected chi connectivity index (χ0v) is 14.2. The largest absolute Gasteiger partial charge is 0.482 e. The molecule has 0 spiro atoms. The van der Waals surface area contributed by atoms with Crippen LogP contribution in [0.25, 0.3) is 0 Å². The van der Waals surface area contributed by atoms with Gasteiger partial charge in [-0.2, -0.15) is 0 Å². The Morgan fingerprint density at radius 3 is 2.76 bits per heavy atom. The summed E-state index contributed by atoms with van der Waals surface area (Å²) >= 11 is 0. The molecule has 2 aliphatic rings. The number of carbonyl (C=O) groups is 3. The van der Waals surface area contributed by atoms with Gasteiger partial charge in [-0.15, -0.1) is 0 Å². The van der Waals surface area contributed by atoms with Gasteiger partial charge in [0.25, 0.3) is 5.91 Å². The standard InChI is InChI=1S/C18H22N2O5/c1-24-18(23)12-7-8-14-15(9-12)25-11-17(22)20(14)10-16(21)19-13-5-3-2-4-6-13/h7-9,13H,2-6,10-11H2,1H3,(H,19,21). The number of benzene rings is 1. The van der Waals surface area contributed by atoms with Crippen molar-refractivity contribution in [2.24, 2.45) is 0 Å². The quantitative estimate of drug-likeness (QED) is 0.838. The van der Waals surface area contributed by atoms with E-state index in [-0.39, 0.29) is 31.0 Å². The highest BCUT2D eigenvalue weighted by Crippen LogP contribution is 2.33. The summed E-state index contributed by atoms with van der Waals surface area (Å²) in [5, 5.41) is 3.01. The number of amides is 2. The van der Waals surface area contributed by atoms with Crippen LogP contribution in [0, 0.1) is 0 Å². The van der Waals surface area contributed by atoms with Crippen molar-refractivity contribution in [3.8, 4) is 5.75 Å². The van der Waals surface area contributed by atoms with Crippen LogP contribution < -0.4 is 15.0 Å². The van der Waals surface area contributed by atoms with E-state index < -0.39 is 5.97 Å². The summed E-state index contributed by atoms with van der Waals surface area (Å²) in [5.74, 6) is -0.542. The van der Waals surface area contributed by atoms with E-state index in [4.69, 9.17) is 4.74 Å². The van der Waals surface area contributed by atoms with Crippen LogP contribution in [-0.2, 0) is 14.3 Å². The van der Waals surface area contributed by atoms with Crippen molar-refractivity contribution in [3.63, 3.8) is 0 Å². The van der Waals surface area contributed by atoms with Crippen LogP contribution in [0.3, 0.4) is 0 Å². The van der Waals surface area contributed by atoms with Gasteiger partial charge in [0.2, 0.25) is 5.91 Å². The molecule has 1 fully saturated rings. The average molecular weight is 346 g/mol. The Kier molecular flexibility index (Phi) is 5.21. The fourth-order valence-electron chi connectivity index (χ4n) is 3.29. The van der Waals surface area contributed by atoms with Gasteiger partial charge in [-0.05, 0) is 31.0 Å². The highest BCUT2D eigenvalue weighted by atomic mass is 16.5. The average Bonchev–Trinajstić information content (AvgIpc) is 2.64. The van der Waals surface area contributed by atoms with Crippen LogP contribution in [0.5, 0.6) is 5.75 Å². The second-order valence-electron chi connectivity index (χ2n) is 6.35. The summed E-state index contributed by atoms with van der Waals surface area (Å²) < 4.78 is 10.1. The molecule has 1 aliphatic heterocycles. The predicted octanol–water partition coefficient (Wildman–Crippen LogP) is 1.65. The SMILES string of the molecule is COC(=O)c1ccc2c(c1)OCC(=O)N2CC(=O)NC1CCCCC1. The Morgan fingerprint density at radius 1 is 1.28 bits per heavy atom. The molecule has 25 heavy (non-hydrogen) atoms. The number of hydrogen-bond acceptors (Lipinski definition) is 5. The maximum Gasteiger partial charge on any atom is 0.337 e. The van der Waals surface area contributed by atoms with Crippen molar-refractivity contribution >= 4 is 23.5 Å². The molecule has 7 nitrogen and oxygen atoms in total. The van der Waals surface area contributed by atoms with E-state index in [1.165, 1.54) is 24.5 Å². The van der Waals surface area contributed by atoms with Gasteiger partial charge in [0.1, 0.15) is 12.3 Å². The van der Waals surface area contributed by atoms with Crippen LogP contribution in [-0.4, -0.2) is 44.1 Å². The zero-order chi connectivity index (χ0) is 17.8. The molecule has 0 aromatic heterocycles. The molecule has 0 saturated heterocycles. The van der Waals surface area contributed by atoms with E-state index in [2.05, 4.69) is 10.1 Å². The Labute approximate surface area is 146 Å². The third-order valence-electron chi connectivity index (χ3n) is 4.60. The lowest BCUT2D eigenvalue weighted by Crippen LogP contribution is -2.47. The van der Waals surface area contributed by atoms with Crippen LogP contribution in [0.15, 0.2) is 18.2 Å². The predicted molar refractivity (Wildman–Crippen MR) is 90.6 cm³/mol. The fraction of sp³-hybridized carbons (Fsp3) is 0.500. The molecular formula is C18H22N2O5. The lowest BCUT2D eigenvalue weighted by atomic mass is 9.95. The van der Waals surface area contributed by atoms with Gasteiger partial charge in [0.15, 0.2) is 6.61 Å². The first-order valence-corrected chi connectivity index (χ1v) is 8.53. The number of esters is 1. The fourth-order valence-corrected chi connectivity index (χ4v) is 3.29. The van der Waals surface area contributed by atoms with Gasteiger partial charge in [0, 0.05) is 6.04 Å². The van der Waals surface area contributed by atoms with Crippen molar-refractivity contribution in [1.29, 1.82) is 0 Å². The summed E-state index contributed by atoms with van der Waals surface area (Å²) in [7, 11) is 1.30. The van der Waals surface area contributed by atoms with Gasteiger partial charge in [-0.3, -0.25) is 14.5 Å². The lowest BCUT2D eigenvalue weighted by molar-refractivity contribution is -0.125. The van der Waals surface area contributed by atoms with E-state index in [1.54, 1.807) is 12.1 Å². The van der Waals surface area contributed by atoms with E-state index >= 15 is 0 Å². The summed E-state index contributed by atoms with van der Waals surface area (Å²) in [6, 6.07) is 4.88. The molecule has 0 atom stereocenters. The molecule has 134 valence electrons. The van der Waals surface area contributed by atoms with Crippen molar-refractivity contribution in [2.75, 3.05) is 25.2 Å². The number of anilines is 1. The molecule has 1 N–H and O–H groups in total. The number of nitrogens with one attached hydrogen (secondary N) is 1. The smallest absolute Gasteiger partial charge is 0.337 e. The number of hydrogen-bond donors (Lipinski definition) is 1. The van der Waals surface area contributed by atoms with Gasteiger partial charge in [-0.1, -0.05) is 19.3 Å². The molecule has 1 aliphatic carbocycles. The van der Waals surface area contributed by atoms with Crippen LogP contribution >= 0.6 is 0 Å². The first kappa shape index (κ1) is 17.3. The minimum Gasteiger partial charge on any atom is -0.482 e. The summed E-state index contributed by atoms with van der Waals surface area (Å²) in [4.78, 5) is 37.5. The highest BCUT2D eigenvalue weighted by molar-refractivity contribution is 6.03. The topological polar surface area (TPSA) is 84.9 Å². The van der Waals surface area contributed by atoms with Gasteiger partial charge < -0.3 is 14.8 Å². The van der Waals surface area contributed by atoms with Gasteiger partial charge in [0.05, 0.1) is 18.4 Å². The Balaban J connectivity index is 1.72. The maximum atomic E-state index is 12.3. The number of ether oxygens (including phenoxy) is 2. The molecule has 1 aromatic rings. The Morgan fingerprint density at radius 2 is 2.04 bits per heavy atom. The number of methoxy groups -OCH3 is 1. The van der Waals surface area contributed by atoms with E-state index in [1.807, 2.05) is 0 Å². The first-order valence-electron chi connectivity index (χ1n) is 8.53. The Hall–Kier alpha value is -2.57. The maximum absolute atomic E-state index is 12.3. The van der Waals surface area contributed by atoms with E-state index in [9.17, 15) is 14.4 Å². The van der Waals surface area contributed by atoms with Crippen LogP contribution in [0.1, 0.15) is 42.5 Å². The van der Waals surface area contributed by atoms with Crippen molar-refractivity contribution in [3.05, 3.63) is 23.8 Å². The molecule has 0 bridgehead atoms. The normalized spacial score (nSPS) is 17.5. The molecule has 0 radical (unpaired) electrons. The summed E-state index contributed by atoms with van der Waals surface area (Å²) in [5.41, 5.74) is 0.824. The van der Waals surface area contributed by atoms with Crippen molar-refractivity contribution in [2.45, 2.75) is 38.1 Å². The second-order valence-corrected chi connectivity index (χ2v) is 6.35. The third kappa shape index (κ3) is 3.92. The molecule has 1 heterocycles. The number of carbonyl (C=O) groups excluding carboxylic acids is 3. The van der Waals surface area contributed by atoms with E-state index in [0.29, 0.717) is 17.0 Å². The number of rotatable bonds is 4. The second kappa shape index (κ2) is 7.55. The molecule has 1 saturated carbocycles. The molecule has 1 aromatic carbocycles. The van der Waals surface area contributed by atoms with Crippen LogP contribution in [0.4, 0.5) is 5.69 Å². The molecule has 2 amide bonds. The molecular weight excluding hydrogens is 324 g/mol. The molecule has 3 rings (SSSR count). The third-order valence-corrected chi connectivity index (χ3v) is 4.60. The summed E-state index contributed by atoms with van der Waals surface area (Å²) in [6.45, 7) is -0.211. The number of fused-ring (bicyclic) bond motifs is 1. The minimum absolute atomic E-state index is 0.0523. The van der Waals surface area contributed by atoms with Crippen LogP contribution in [0.2, 0.25) is 0 Å². The van der Waals surface area contributed by atoms with E-state index in [0.717, 1.165) is 25.7 Å². The lowest BCUT2D eigenvalue weighted by Gasteiger charge is -2.30.